The summed E-state index contributed by atoms with van der Waals surface area (Å²) in [4.78, 5) is 0. The molecule has 0 aromatic heterocycles. The zero-order valence-electron chi connectivity index (χ0n) is 8.57. The van der Waals surface area contributed by atoms with Crippen LogP contribution in [0.25, 0.3) is 0 Å². The van der Waals surface area contributed by atoms with E-state index in [9.17, 15) is 17.6 Å². The fraction of sp³-hybridized carbons (Fsp3) is 0.400. The Hall–Kier alpha value is -1.30. The van der Waals surface area contributed by atoms with Gasteiger partial charge in [-0.15, -0.1) is 13.2 Å². The molecule has 0 saturated carbocycles. The molecule has 2 nitrogen and oxygen atoms in total. The van der Waals surface area contributed by atoms with Crippen molar-refractivity contribution in [3.8, 4) is 0 Å². The van der Waals surface area contributed by atoms with E-state index in [-0.39, 0.29) is 12.2 Å². The number of halogens is 4. The van der Waals surface area contributed by atoms with E-state index < -0.39 is 18.8 Å². The highest BCUT2D eigenvalue weighted by atomic mass is 19.4. The molecular formula is C10H11F4NO. The first-order valence-electron chi connectivity index (χ1n) is 4.60. The summed E-state index contributed by atoms with van der Waals surface area (Å²) in [5, 5.41) is 2.55. The zero-order chi connectivity index (χ0) is 12.2. The molecule has 0 unspecified atom stereocenters. The normalized spacial score (nSPS) is 11.6. The first-order valence-corrected chi connectivity index (χ1v) is 4.60. The van der Waals surface area contributed by atoms with Crippen LogP contribution < -0.4 is 5.32 Å². The van der Waals surface area contributed by atoms with Crippen molar-refractivity contribution in [1.29, 1.82) is 0 Å². The maximum atomic E-state index is 13.2. The number of nitrogens with one attached hydrogen (secondary N) is 1. The zero-order valence-corrected chi connectivity index (χ0v) is 8.57. The molecule has 0 aliphatic rings. The van der Waals surface area contributed by atoms with Crippen molar-refractivity contribution >= 4 is 5.69 Å². The number of ether oxygens (including phenoxy) is 1. The lowest BCUT2D eigenvalue weighted by molar-refractivity contribution is -0.322. The van der Waals surface area contributed by atoms with Gasteiger partial charge in [0, 0.05) is 6.54 Å². The Morgan fingerprint density at radius 3 is 2.56 bits per heavy atom. The number of para-hydroxylation sites is 1. The molecule has 1 aromatic rings. The Morgan fingerprint density at radius 1 is 1.31 bits per heavy atom. The van der Waals surface area contributed by atoms with Gasteiger partial charge in [-0.05, 0) is 18.6 Å². The van der Waals surface area contributed by atoms with E-state index >= 15 is 0 Å². The van der Waals surface area contributed by atoms with Gasteiger partial charge in [0.25, 0.3) is 0 Å². The van der Waals surface area contributed by atoms with Crippen LogP contribution in [-0.2, 0) is 4.74 Å². The summed E-state index contributed by atoms with van der Waals surface area (Å²) in [5.41, 5.74) is 0.834. The van der Waals surface area contributed by atoms with Crippen LogP contribution in [0.5, 0.6) is 0 Å². The minimum atomic E-state index is -4.65. The van der Waals surface area contributed by atoms with Crippen LogP contribution in [0.1, 0.15) is 5.56 Å². The van der Waals surface area contributed by atoms with Gasteiger partial charge in [-0.2, -0.15) is 0 Å². The molecular weight excluding hydrogens is 226 g/mol. The minimum absolute atomic E-state index is 0.110. The van der Waals surface area contributed by atoms with Gasteiger partial charge in [0.2, 0.25) is 0 Å². The van der Waals surface area contributed by atoms with Crippen molar-refractivity contribution in [2.45, 2.75) is 13.3 Å². The van der Waals surface area contributed by atoms with Crippen molar-refractivity contribution in [3.63, 3.8) is 0 Å². The Morgan fingerprint density at radius 2 is 2.00 bits per heavy atom. The van der Waals surface area contributed by atoms with Crippen LogP contribution in [0.3, 0.4) is 0 Å². The average molecular weight is 237 g/mol. The third-order valence-electron chi connectivity index (χ3n) is 1.89. The summed E-state index contributed by atoms with van der Waals surface area (Å²) < 4.78 is 51.6. The number of hydrogen-bond donors (Lipinski definition) is 1. The second-order valence-corrected chi connectivity index (χ2v) is 3.15. The molecule has 0 amide bonds. The number of benzene rings is 1. The molecule has 16 heavy (non-hydrogen) atoms. The van der Waals surface area contributed by atoms with Crippen molar-refractivity contribution < 1.29 is 22.3 Å². The first kappa shape index (κ1) is 12.8. The Kier molecular flexibility index (Phi) is 4.12. The van der Waals surface area contributed by atoms with Crippen molar-refractivity contribution in [2.24, 2.45) is 0 Å². The molecule has 0 aliphatic heterocycles. The molecule has 0 bridgehead atoms. The molecule has 0 saturated heterocycles. The molecule has 1 N–H and O–H groups in total. The van der Waals surface area contributed by atoms with Gasteiger partial charge in [-0.3, -0.25) is 4.74 Å². The number of aryl methyl sites for hydroxylation is 1. The summed E-state index contributed by atoms with van der Waals surface area (Å²) in [7, 11) is 0. The summed E-state index contributed by atoms with van der Waals surface area (Å²) in [6, 6.07) is 4.43. The predicted octanol–water partition coefficient (Wildman–Crippen LogP) is 3.08. The summed E-state index contributed by atoms with van der Waals surface area (Å²) in [5.74, 6) is -0.494. The van der Waals surface area contributed by atoms with Gasteiger partial charge in [0.05, 0.1) is 12.3 Å². The first-order chi connectivity index (χ1) is 7.40. The van der Waals surface area contributed by atoms with Crippen LogP contribution in [0.15, 0.2) is 18.2 Å². The highest BCUT2D eigenvalue weighted by Gasteiger charge is 2.28. The summed E-state index contributed by atoms with van der Waals surface area (Å²) in [6.45, 7) is 0.995. The maximum absolute atomic E-state index is 13.2. The lowest BCUT2D eigenvalue weighted by atomic mass is 10.2. The molecule has 1 rings (SSSR count). The standard InChI is InChI=1S/C10H11F4NO/c1-7-3-2-4-8(11)9(7)15-5-6-16-10(12,13)14/h2-4,15H,5-6H2,1H3. The van der Waals surface area contributed by atoms with Crippen molar-refractivity contribution in [2.75, 3.05) is 18.5 Å². The lowest BCUT2D eigenvalue weighted by Gasteiger charge is -2.11. The van der Waals surface area contributed by atoms with E-state index in [1.54, 1.807) is 13.0 Å². The van der Waals surface area contributed by atoms with Gasteiger partial charge >= 0.3 is 6.36 Å². The van der Waals surface area contributed by atoms with Crippen molar-refractivity contribution in [1.82, 2.24) is 0 Å². The van der Waals surface area contributed by atoms with Crippen LogP contribution in [0.2, 0.25) is 0 Å². The smallest absolute Gasteiger partial charge is 0.380 e. The number of rotatable bonds is 4. The molecule has 0 aliphatic carbocycles. The van der Waals surface area contributed by atoms with Gasteiger partial charge in [-0.25, -0.2) is 4.39 Å². The fourth-order valence-electron chi connectivity index (χ4n) is 1.20. The van der Waals surface area contributed by atoms with Gasteiger partial charge in [0.15, 0.2) is 0 Å². The Labute approximate surface area is 90.2 Å². The SMILES string of the molecule is Cc1cccc(F)c1NCCOC(F)(F)F. The predicted molar refractivity (Wildman–Crippen MR) is 51.6 cm³/mol. The Bertz CT molecular complexity index is 331. The van der Waals surface area contributed by atoms with Crippen LogP contribution in [0.4, 0.5) is 23.2 Å². The van der Waals surface area contributed by atoms with Gasteiger partial charge in [-0.1, -0.05) is 12.1 Å². The highest BCUT2D eigenvalue weighted by molar-refractivity contribution is 5.51. The molecule has 0 atom stereocenters. The van der Waals surface area contributed by atoms with Gasteiger partial charge < -0.3 is 5.32 Å². The van der Waals surface area contributed by atoms with E-state index in [0.29, 0.717) is 5.56 Å². The fourth-order valence-corrected chi connectivity index (χ4v) is 1.20. The van der Waals surface area contributed by atoms with E-state index in [1.807, 2.05) is 0 Å². The van der Waals surface area contributed by atoms with Gasteiger partial charge in [0.1, 0.15) is 5.82 Å². The summed E-state index contributed by atoms with van der Waals surface area (Å²) in [6.07, 6.45) is -4.65. The number of hydrogen-bond acceptors (Lipinski definition) is 2. The third kappa shape index (κ3) is 4.06. The highest BCUT2D eigenvalue weighted by Crippen LogP contribution is 2.19. The average Bonchev–Trinajstić information content (AvgIpc) is 2.14. The number of alkyl halides is 3. The quantitative estimate of drug-likeness (QED) is 0.641. The van der Waals surface area contributed by atoms with Crippen LogP contribution >= 0.6 is 0 Å². The lowest BCUT2D eigenvalue weighted by Crippen LogP contribution is -2.19. The van der Waals surface area contributed by atoms with E-state index in [2.05, 4.69) is 10.1 Å². The second-order valence-electron chi connectivity index (χ2n) is 3.15. The topological polar surface area (TPSA) is 21.3 Å². The molecule has 0 spiro atoms. The van der Waals surface area contributed by atoms with E-state index in [4.69, 9.17) is 0 Å². The molecule has 6 heteroatoms. The van der Waals surface area contributed by atoms with E-state index in [1.165, 1.54) is 12.1 Å². The van der Waals surface area contributed by atoms with Crippen molar-refractivity contribution in [3.05, 3.63) is 29.6 Å². The molecule has 0 radical (unpaired) electrons. The monoisotopic (exact) mass is 237 g/mol. The summed E-state index contributed by atoms with van der Waals surface area (Å²) >= 11 is 0. The molecule has 0 fully saturated rings. The second kappa shape index (κ2) is 5.16. The third-order valence-corrected chi connectivity index (χ3v) is 1.89. The van der Waals surface area contributed by atoms with E-state index in [0.717, 1.165) is 0 Å². The maximum Gasteiger partial charge on any atom is 0.522 e. The molecule has 90 valence electrons. The van der Waals surface area contributed by atoms with Crippen LogP contribution in [-0.4, -0.2) is 19.5 Å². The largest absolute Gasteiger partial charge is 0.522 e. The molecule has 1 aromatic carbocycles. The molecule has 0 heterocycles. The minimum Gasteiger partial charge on any atom is -0.380 e. The Balaban J connectivity index is 2.43. The van der Waals surface area contributed by atoms with Crippen LogP contribution in [0, 0.1) is 12.7 Å². The number of anilines is 1.